The number of hydrogen-bond acceptors (Lipinski definition) is 9. The van der Waals surface area contributed by atoms with E-state index < -0.39 is 0 Å². The van der Waals surface area contributed by atoms with Crippen LogP contribution in [0.1, 0.15) is 18.0 Å². The number of hydrogen-bond donors (Lipinski definition) is 0. The van der Waals surface area contributed by atoms with Crippen LogP contribution in [0.3, 0.4) is 0 Å². The minimum Gasteiger partial charge on any atom is -0.493 e. The minimum absolute atomic E-state index is 0.107. The highest BCUT2D eigenvalue weighted by Gasteiger charge is 2.20. The van der Waals surface area contributed by atoms with E-state index in [1.165, 1.54) is 11.8 Å². The quantitative estimate of drug-likeness (QED) is 0.423. The van der Waals surface area contributed by atoms with Gasteiger partial charge in [0.05, 0.1) is 25.2 Å². The summed E-state index contributed by atoms with van der Waals surface area (Å²) in [5, 5.41) is 20.6. The maximum absolute atomic E-state index is 5.82. The first-order valence-corrected chi connectivity index (χ1v) is 9.64. The lowest BCUT2D eigenvalue weighted by Gasteiger charge is -2.09. The maximum Gasteiger partial charge on any atom is 0.277 e. The van der Waals surface area contributed by atoms with Crippen LogP contribution in [-0.2, 0) is 0 Å². The van der Waals surface area contributed by atoms with Crippen LogP contribution in [0.5, 0.6) is 11.5 Å². The lowest BCUT2D eigenvalue weighted by Crippen LogP contribution is -2.04. The number of ether oxygens (including phenoxy) is 2. The summed E-state index contributed by atoms with van der Waals surface area (Å²) < 4.78 is 18.1. The summed E-state index contributed by atoms with van der Waals surface area (Å²) in [7, 11) is 3.17. The highest BCUT2D eigenvalue weighted by Crippen LogP contribution is 2.36. The molecule has 10 heteroatoms. The first kappa shape index (κ1) is 18.9. The number of para-hydroxylation sites is 1. The standard InChI is InChI=1S/C19H18N6O3S/c1-12(17-20-23-24-25(17)14-7-5-4-6-8-14)29-19-22-21-18(28-19)13-9-10-15(26-2)16(11-13)27-3/h4-12H,1-3H3/t12-/m0/s1. The van der Waals surface area contributed by atoms with Gasteiger partial charge in [-0.15, -0.1) is 15.3 Å². The number of aromatic nitrogens is 6. The molecular weight excluding hydrogens is 392 g/mol. The summed E-state index contributed by atoms with van der Waals surface area (Å²) in [6.07, 6.45) is 0. The average molecular weight is 410 g/mol. The zero-order chi connectivity index (χ0) is 20.2. The average Bonchev–Trinajstić information content (AvgIpc) is 3.43. The van der Waals surface area contributed by atoms with E-state index in [2.05, 4.69) is 25.7 Å². The van der Waals surface area contributed by atoms with Crippen molar-refractivity contribution in [3.63, 3.8) is 0 Å². The molecule has 0 fully saturated rings. The second kappa shape index (κ2) is 8.31. The number of thioether (sulfide) groups is 1. The molecule has 0 amide bonds. The zero-order valence-corrected chi connectivity index (χ0v) is 16.8. The molecule has 0 aliphatic heterocycles. The molecule has 0 radical (unpaired) electrons. The van der Waals surface area contributed by atoms with Gasteiger partial charge in [-0.3, -0.25) is 0 Å². The predicted octanol–water partition coefficient (Wildman–Crippen LogP) is 3.58. The monoisotopic (exact) mass is 410 g/mol. The van der Waals surface area contributed by atoms with E-state index in [1.807, 2.05) is 43.3 Å². The normalized spacial score (nSPS) is 12.0. The second-order valence-electron chi connectivity index (χ2n) is 5.99. The molecule has 0 saturated carbocycles. The van der Waals surface area contributed by atoms with Gasteiger partial charge in [-0.2, -0.15) is 4.68 Å². The van der Waals surface area contributed by atoms with Crippen LogP contribution in [0.2, 0.25) is 0 Å². The van der Waals surface area contributed by atoms with E-state index in [0.717, 1.165) is 11.3 Å². The van der Waals surface area contributed by atoms with Crippen molar-refractivity contribution in [2.45, 2.75) is 17.4 Å². The summed E-state index contributed by atoms with van der Waals surface area (Å²) in [5.74, 6) is 2.30. The van der Waals surface area contributed by atoms with Crippen LogP contribution < -0.4 is 9.47 Å². The topological polar surface area (TPSA) is 101 Å². The molecule has 1 atom stereocenters. The van der Waals surface area contributed by atoms with Crippen molar-refractivity contribution >= 4 is 11.8 Å². The molecule has 4 rings (SSSR count). The van der Waals surface area contributed by atoms with Crippen LogP contribution >= 0.6 is 11.8 Å². The van der Waals surface area contributed by atoms with Crippen LogP contribution in [0, 0.1) is 0 Å². The molecular formula is C19H18N6O3S. The SMILES string of the molecule is COc1ccc(-c2nnc(S[C@@H](C)c3nnnn3-c3ccccc3)o2)cc1OC. The van der Waals surface area contributed by atoms with Crippen molar-refractivity contribution in [3.8, 4) is 28.6 Å². The number of tetrazole rings is 1. The van der Waals surface area contributed by atoms with Crippen molar-refractivity contribution in [1.82, 2.24) is 30.4 Å². The summed E-state index contributed by atoms with van der Waals surface area (Å²) >= 11 is 1.38. The Morgan fingerprint density at radius 1 is 0.966 bits per heavy atom. The molecule has 29 heavy (non-hydrogen) atoms. The van der Waals surface area contributed by atoms with Crippen molar-refractivity contribution in [1.29, 1.82) is 0 Å². The number of nitrogens with zero attached hydrogens (tertiary/aromatic N) is 6. The maximum atomic E-state index is 5.82. The molecule has 2 heterocycles. The minimum atomic E-state index is -0.107. The highest BCUT2D eigenvalue weighted by atomic mass is 32.2. The first-order chi connectivity index (χ1) is 14.2. The van der Waals surface area contributed by atoms with E-state index >= 15 is 0 Å². The first-order valence-electron chi connectivity index (χ1n) is 8.76. The third-order valence-corrected chi connectivity index (χ3v) is 5.10. The molecule has 0 spiro atoms. The number of benzene rings is 2. The van der Waals surface area contributed by atoms with E-state index in [4.69, 9.17) is 13.9 Å². The zero-order valence-electron chi connectivity index (χ0n) is 16.0. The van der Waals surface area contributed by atoms with Crippen molar-refractivity contribution in [2.24, 2.45) is 0 Å². The van der Waals surface area contributed by atoms with Gasteiger partial charge in [0.25, 0.3) is 5.22 Å². The third-order valence-electron chi connectivity index (χ3n) is 4.17. The van der Waals surface area contributed by atoms with Gasteiger partial charge in [0, 0.05) is 5.56 Å². The Morgan fingerprint density at radius 2 is 1.76 bits per heavy atom. The van der Waals surface area contributed by atoms with Crippen LogP contribution in [0.15, 0.2) is 58.2 Å². The van der Waals surface area contributed by atoms with Gasteiger partial charge in [-0.1, -0.05) is 30.0 Å². The lowest BCUT2D eigenvalue weighted by molar-refractivity contribution is 0.355. The van der Waals surface area contributed by atoms with Gasteiger partial charge in [0.15, 0.2) is 17.3 Å². The number of rotatable bonds is 7. The van der Waals surface area contributed by atoms with E-state index in [-0.39, 0.29) is 5.25 Å². The molecule has 0 unspecified atom stereocenters. The summed E-state index contributed by atoms with van der Waals surface area (Å²) in [4.78, 5) is 0. The van der Waals surface area contributed by atoms with Gasteiger partial charge < -0.3 is 13.9 Å². The largest absolute Gasteiger partial charge is 0.493 e. The second-order valence-corrected chi connectivity index (χ2v) is 7.28. The Balaban J connectivity index is 1.54. The Kier molecular flexibility index (Phi) is 5.43. The van der Waals surface area contributed by atoms with Gasteiger partial charge in [-0.25, -0.2) is 0 Å². The Labute approximate surface area is 171 Å². The summed E-state index contributed by atoms with van der Waals surface area (Å²) in [6, 6.07) is 15.1. The summed E-state index contributed by atoms with van der Waals surface area (Å²) in [6.45, 7) is 1.98. The van der Waals surface area contributed by atoms with Crippen LogP contribution in [0.4, 0.5) is 0 Å². The molecule has 0 N–H and O–H groups in total. The fourth-order valence-corrected chi connectivity index (χ4v) is 3.52. The Hall–Kier alpha value is -3.40. The lowest BCUT2D eigenvalue weighted by atomic mass is 10.2. The predicted molar refractivity (Wildman–Crippen MR) is 106 cm³/mol. The van der Waals surface area contributed by atoms with Crippen molar-refractivity contribution in [3.05, 3.63) is 54.4 Å². The number of methoxy groups -OCH3 is 2. The molecule has 0 saturated heterocycles. The fourth-order valence-electron chi connectivity index (χ4n) is 2.75. The van der Waals surface area contributed by atoms with Gasteiger partial charge in [0.2, 0.25) is 5.89 Å². The van der Waals surface area contributed by atoms with Gasteiger partial charge in [0.1, 0.15) is 0 Å². The molecule has 0 bridgehead atoms. The van der Waals surface area contributed by atoms with E-state index in [0.29, 0.717) is 28.4 Å². The molecule has 0 aliphatic rings. The Bertz CT molecular complexity index is 1100. The molecule has 9 nitrogen and oxygen atoms in total. The molecule has 0 aliphatic carbocycles. The van der Waals surface area contributed by atoms with E-state index in [1.54, 1.807) is 31.0 Å². The Morgan fingerprint density at radius 3 is 2.52 bits per heavy atom. The summed E-state index contributed by atoms with van der Waals surface area (Å²) in [5.41, 5.74) is 1.63. The van der Waals surface area contributed by atoms with Crippen LogP contribution in [-0.4, -0.2) is 44.6 Å². The fraction of sp³-hybridized carbons (Fsp3) is 0.211. The smallest absolute Gasteiger partial charge is 0.277 e. The van der Waals surface area contributed by atoms with Crippen molar-refractivity contribution in [2.75, 3.05) is 14.2 Å². The van der Waals surface area contributed by atoms with Gasteiger partial charge >= 0.3 is 0 Å². The molecule has 4 aromatic rings. The van der Waals surface area contributed by atoms with E-state index in [9.17, 15) is 0 Å². The molecule has 2 aromatic heterocycles. The van der Waals surface area contributed by atoms with Crippen molar-refractivity contribution < 1.29 is 13.9 Å². The van der Waals surface area contributed by atoms with Gasteiger partial charge in [-0.05, 0) is 47.7 Å². The molecule has 2 aromatic carbocycles. The van der Waals surface area contributed by atoms with Crippen LogP contribution in [0.25, 0.3) is 17.1 Å². The third kappa shape index (κ3) is 3.92. The molecule has 148 valence electrons. The highest BCUT2D eigenvalue weighted by molar-refractivity contribution is 7.99.